The van der Waals surface area contributed by atoms with Crippen molar-refractivity contribution in [3.8, 4) is 0 Å². The van der Waals surface area contributed by atoms with Crippen LogP contribution in [0.15, 0.2) is 53.4 Å². The number of amides is 2. The summed E-state index contributed by atoms with van der Waals surface area (Å²) in [6.07, 6.45) is 1.86. The topological polar surface area (TPSA) is 78.4 Å². The van der Waals surface area contributed by atoms with Gasteiger partial charge in [0.25, 0.3) is 0 Å². The average molecular weight is 358 g/mol. The summed E-state index contributed by atoms with van der Waals surface area (Å²) >= 11 is 1.61. The summed E-state index contributed by atoms with van der Waals surface area (Å²) in [4.78, 5) is 25.0. The minimum Gasteiger partial charge on any atom is -0.387 e. The van der Waals surface area contributed by atoms with Crippen molar-refractivity contribution in [2.24, 2.45) is 0 Å². The van der Waals surface area contributed by atoms with Gasteiger partial charge in [-0.1, -0.05) is 37.3 Å². The molecule has 2 aromatic rings. The highest BCUT2D eigenvalue weighted by molar-refractivity contribution is 7.98. The summed E-state index contributed by atoms with van der Waals surface area (Å²) in [5, 5.41) is 15.2. The number of hydrogen-bond acceptors (Lipinski definition) is 4. The van der Waals surface area contributed by atoms with Gasteiger partial charge in [-0.05, 0) is 42.0 Å². The van der Waals surface area contributed by atoms with Crippen molar-refractivity contribution in [3.05, 3.63) is 59.7 Å². The summed E-state index contributed by atoms with van der Waals surface area (Å²) in [6.45, 7) is 1.95. The first kappa shape index (κ1) is 19.0. The van der Waals surface area contributed by atoms with E-state index in [1.54, 1.807) is 36.0 Å². The second kappa shape index (κ2) is 9.25. The van der Waals surface area contributed by atoms with Gasteiger partial charge in [0, 0.05) is 17.1 Å². The molecule has 5 nitrogen and oxygen atoms in total. The van der Waals surface area contributed by atoms with Crippen molar-refractivity contribution in [3.63, 3.8) is 0 Å². The van der Waals surface area contributed by atoms with E-state index in [0.29, 0.717) is 11.3 Å². The molecular weight excluding hydrogens is 336 g/mol. The fourth-order valence-electron chi connectivity index (χ4n) is 2.34. The predicted octanol–water partition coefficient (Wildman–Crippen LogP) is 2.76. The molecule has 0 aliphatic rings. The van der Waals surface area contributed by atoms with Crippen LogP contribution in [0.4, 0.5) is 5.69 Å². The maximum Gasteiger partial charge on any atom is 0.313 e. The zero-order chi connectivity index (χ0) is 18.2. The number of thioether (sulfide) groups is 1. The molecule has 0 bridgehead atoms. The molecule has 1 atom stereocenters. The molecular formula is C19H22N2O3S. The van der Waals surface area contributed by atoms with Crippen LogP contribution in [0.1, 0.15) is 24.2 Å². The Balaban J connectivity index is 1.89. The number of carbonyl (C=O) groups is 2. The number of aliphatic hydroxyl groups is 1. The van der Waals surface area contributed by atoms with Gasteiger partial charge in [0.15, 0.2) is 0 Å². The van der Waals surface area contributed by atoms with E-state index < -0.39 is 17.9 Å². The van der Waals surface area contributed by atoms with Gasteiger partial charge < -0.3 is 15.7 Å². The Morgan fingerprint density at radius 1 is 1.08 bits per heavy atom. The molecule has 0 saturated heterocycles. The third-order valence-electron chi connectivity index (χ3n) is 3.81. The first-order valence-corrected chi connectivity index (χ1v) is 9.26. The minimum atomic E-state index is -0.865. The van der Waals surface area contributed by atoms with E-state index in [0.717, 1.165) is 16.9 Å². The molecule has 0 heterocycles. The molecule has 0 saturated carbocycles. The summed E-state index contributed by atoms with van der Waals surface area (Å²) in [5.41, 5.74) is 2.27. The standard InChI is InChI=1S/C19H22N2O3S/c1-3-13-6-4-5-7-16(13)21-19(24)18(23)20-12-17(22)14-8-10-15(25-2)11-9-14/h4-11,17,22H,3,12H2,1-2H3,(H,20,23)(H,21,24). The van der Waals surface area contributed by atoms with Crippen LogP contribution in [-0.4, -0.2) is 29.7 Å². The van der Waals surface area contributed by atoms with E-state index >= 15 is 0 Å². The van der Waals surface area contributed by atoms with Gasteiger partial charge in [0.1, 0.15) is 0 Å². The quantitative estimate of drug-likeness (QED) is 0.548. The number of anilines is 1. The van der Waals surface area contributed by atoms with Gasteiger partial charge in [-0.3, -0.25) is 9.59 Å². The number of benzene rings is 2. The van der Waals surface area contributed by atoms with Crippen molar-refractivity contribution in [2.75, 3.05) is 18.1 Å². The largest absolute Gasteiger partial charge is 0.387 e. The average Bonchev–Trinajstić information content (AvgIpc) is 2.66. The number of nitrogens with one attached hydrogen (secondary N) is 2. The van der Waals surface area contributed by atoms with Crippen molar-refractivity contribution >= 4 is 29.3 Å². The smallest absolute Gasteiger partial charge is 0.313 e. The van der Waals surface area contributed by atoms with Crippen LogP contribution in [-0.2, 0) is 16.0 Å². The monoisotopic (exact) mass is 358 g/mol. The van der Waals surface area contributed by atoms with Gasteiger partial charge >= 0.3 is 11.8 Å². The fourth-order valence-corrected chi connectivity index (χ4v) is 2.75. The normalized spacial score (nSPS) is 11.6. The zero-order valence-electron chi connectivity index (χ0n) is 14.3. The van der Waals surface area contributed by atoms with Gasteiger partial charge in [-0.15, -0.1) is 11.8 Å². The summed E-state index contributed by atoms with van der Waals surface area (Å²) < 4.78 is 0. The zero-order valence-corrected chi connectivity index (χ0v) is 15.1. The molecule has 0 aliphatic carbocycles. The maximum absolute atomic E-state index is 12.0. The summed E-state index contributed by atoms with van der Waals surface area (Å²) in [5.74, 6) is -1.52. The molecule has 2 rings (SSSR count). The number of aryl methyl sites for hydroxylation is 1. The van der Waals surface area contributed by atoms with E-state index in [4.69, 9.17) is 0 Å². The van der Waals surface area contributed by atoms with Crippen molar-refractivity contribution in [1.29, 1.82) is 0 Å². The molecule has 3 N–H and O–H groups in total. The number of aliphatic hydroxyl groups excluding tert-OH is 1. The predicted molar refractivity (Wildman–Crippen MR) is 101 cm³/mol. The van der Waals surface area contributed by atoms with E-state index in [2.05, 4.69) is 10.6 Å². The lowest BCUT2D eigenvalue weighted by Crippen LogP contribution is -2.37. The third-order valence-corrected chi connectivity index (χ3v) is 4.55. The molecule has 6 heteroatoms. The molecule has 0 fully saturated rings. The van der Waals surface area contributed by atoms with E-state index in [1.165, 1.54) is 0 Å². The van der Waals surface area contributed by atoms with E-state index in [1.807, 2.05) is 37.4 Å². The van der Waals surface area contributed by atoms with Crippen molar-refractivity contribution in [1.82, 2.24) is 5.32 Å². The SMILES string of the molecule is CCc1ccccc1NC(=O)C(=O)NCC(O)c1ccc(SC)cc1. The molecule has 0 aliphatic heterocycles. The van der Waals surface area contributed by atoms with Gasteiger partial charge in [-0.25, -0.2) is 0 Å². The lowest BCUT2D eigenvalue weighted by Gasteiger charge is -2.13. The Bertz CT molecular complexity index is 732. The van der Waals surface area contributed by atoms with Crippen LogP contribution in [0, 0.1) is 0 Å². The molecule has 2 aromatic carbocycles. The van der Waals surface area contributed by atoms with Crippen LogP contribution in [0.2, 0.25) is 0 Å². The lowest BCUT2D eigenvalue weighted by molar-refractivity contribution is -0.136. The minimum absolute atomic E-state index is 0.0275. The van der Waals surface area contributed by atoms with Crippen molar-refractivity contribution in [2.45, 2.75) is 24.3 Å². The summed E-state index contributed by atoms with van der Waals surface area (Å²) in [7, 11) is 0. The molecule has 0 radical (unpaired) electrons. The fraction of sp³-hybridized carbons (Fsp3) is 0.263. The first-order valence-electron chi connectivity index (χ1n) is 8.04. The molecule has 1 unspecified atom stereocenters. The van der Waals surface area contributed by atoms with Crippen LogP contribution in [0.5, 0.6) is 0 Å². The highest BCUT2D eigenvalue weighted by atomic mass is 32.2. The van der Waals surface area contributed by atoms with Crippen LogP contribution in [0.3, 0.4) is 0 Å². The second-order valence-electron chi connectivity index (χ2n) is 5.46. The van der Waals surface area contributed by atoms with E-state index in [9.17, 15) is 14.7 Å². The number of para-hydroxylation sites is 1. The third kappa shape index (κ3) is 5.34. The Labute approximate surface area is 151 Å². The molecule has 132 valence electrons. The van der Waals surface area contributed by atoms with Crippen LogP contribution < -0.4 is 10.6 Å². The van der Waals surface area contributed by atoms with Gasteiger partial charge in [0.05, 0.1) is 6.10 Å². The number of rotatable bonds is 6. The Kier molecular flexibility index (Phi) is 7.03. The van der Waals surface area contributed by atoms with Crippen LogP contribution in [0.25, 0.3) is 0 Å². The molecule has 0 aromatic heterocycles. The van der Waals surface area contributed by atoms with Gasteiger partial charge in [0.2, 0.25) is 0 Å². The lowest BCUT2D eigenvalue weighted by atomic mass is 10.1. The molecule has 0 spiro atoms. The summed E-state index contributed by atoms with van der Waals surface area (Å²) in [6, 6.07) is 14.8. The highest BCUT2D eigenvalue weighted by Gasteiger charge is 2.16. The highest BCUT2D eigenvalue weighted by Crippen LogP contribution is 2.19. The van der Waals surface area contributed by atoms with Gasteiger partial charge in [-0.2, -0.15) is 0 Å². The second-order valence-corrected chi connectivity index (χ2v) is 6.34. The Morgan fingerprint density at radius 3 is 2.40 bits per heavy atom. The Hall–Kier alpha value is -2.31. The first-order chi connectivity index (χ1) is 12.0. The Morgan fingerprint density at radius 2 is 1.76 bits per heavy atom. The number of carbonyl (C=O) groups excluding carboxylic acids is 2. The number of hydrogen-bond donors (Lipinski definition) is 3. The van der Waals surface area contributed by atoms with Crippen LogP contribution >= 0.6 is 11.8 Å². The molecule has 2 amide bonds. The maximum atomic E-state index is 12.0. The van der Waals surface area contributed by atoms with E-state index in [-0.39, 0.29) is 6.54 Å². The molecule has 25 heavy (non-hydrogen) atoms. The van der Waals surface area contributed by atoms with Crippen molar-refractivity contribution < 1.29 is 14.7 Å².